The van der Waals surface area contributed by atoms with Gasteiger partial charge in [-0.25, -0.2) is 4.99 Å². The fraction of sp³-hybridized carbons (Fsp3) is 0.536. The number of nitrogens with zero attached hydrogens (tertiary/aromatic N) is 5. The van der Waals surface area contributed by atoms with Crippen molar-refractivity contribution in [3.63, 3.8) is 0 Å². The number of piperidine rings is 2. The zero-order chi connectivity index (χ0) is 25.4. The number of rotatable bonds is 6. The minimum Gasteiger partial charge on any atom is -0.394 e. The molecule has 5 aliphatic heterocycles. The molecule has 5 aliphatic rings. The molecule has 6 rings (SSSR count). The van der Waals surface area contributed by atoms with E-state index >= 15 is 0 Å². The maximum absolute atomic E-state index is 13.0. The van der Waals surface area contributed by atoms with Crippen LogP contribution in [0, 0.1) is 5.92 Å². The third kappa shape index (κ3) is 4.83. The van der Waals surface area contributed by atoms with Crippen LogP contribution in [-0.4, -0.2) is 94.1 Å². The quantitative estimate of drug-likeness (QED) is 0.509. The zero-order valence-electron chi connectivity index (χ0n) is 21.1. The van der Waals surface area contributed by atoms with Gasteiger partial charge in [-0.3, -0.25) is 25.1 Å². The van der Waals surface area contributed by atoms with Crippen molar-refractivity contribution < 1.29 is 15.0 Å². The van der Waals surface area contributed by atoms with E-state index in [2.05, 4.69) is 20.3 Å². The summed E-state index contributed by atoms with van der Waals surface area (Å²) >= 11 is 0. The van der Waals surface area contributed by atoms with E-state index in [1.165, 1.54) is 5.57 Å². The van der Waals surface area contributed by atoms with Crippen LogP contribution in [0.1, 0.15) is 43.7 Å². The number of hydrazine groups is 1. The van der Waals surface area contributed by atoms with Crippen molar-refractivity contribution in [1.82, 2.24) is 20.2 Å². The Morgan fingerprint density at radius 3 is 2.73 bits per heavy atom. The SMILES string of the molecule is O=C(/C=C/CN1C2CCC1CC(O)C2)N1CCC2=C3C(=N[C@H](CO)c4ccccc4)N=CNN3CC2C1. The molecule has 0 spiro atoms. The number of hydrogen-bond donors (Lipinski definition) is 3. The molecular weight excluding hydrogens is 468 g/mol. The first-order chi connectivity index (χ1) is 18.1. The minimum atomic E-state index is -0.370. The second kappa shape index (κ2) is 10.4. The van der Waals surface area contributed by atoms with Gasteiger partial charge in [-0.1, -0.05) is 36.4 Å². The number of amides is 1. The van der Waals surface area contributed by atoms with Gasteiger partial charge in [-0.2, -0.15) is 0 Å². The van der Waals surface area contributed by atoms with Crippen molar-refractivity contribution in [2.75, 3.05) is 32.8 Å². The first-order valence-electron chi connectivity index (χ1n) is 13.5. The molecule has 5 heterocycles. The van der Waals surface area contributed by atoms with E-state index in [9.17, 15) is 15.0 Å². The van der Waals surface area contributed by atoms with Crippen LogP contribution in [0.4, 0.5) is 0 Å². The van der Waals surface area contributed by atoms with Crippen LogP contribution >= 0.6 is 0 Å². The Bertz CT molecular complexity index is 1120. The average molecular weight is 505 g/mol. The molecule has 4 atom stereocenters. The van der Waals surface area contributed by atoms with Gasteiger partial charge in [0.05, 0.1) is 12.7 Å². The van der Waals surface area contributed by atoms with E-state index in [1.807, 2.05) is 41.3 Å². The number of carbonyl (C=O) groups is 1. The topological polar surface area (TPSA) is 104 Å². The Labute approximate surface area is 217 Å². The van der Waals surface area contributed by atoms with Gasteiger partial charge in [-0.05, 0) is 43.2 Å². The Morgan fingerprint density at radius 1 is 1.19 bits per heavy atom. The van der Waals surface area contributed by atoms with Crippen molar-refractivity contribution in [2.45, 2.75) is 56.3 Å². The van der Waals surface area contributed by atoms with Gasteiger partial charge in [0.25, 0.3) is 0 Å². The standard InChI is InChI=1S/C28H36N6O3/c35-17-25(19-5-2-1-3-6-19)31-28-27-24-10-12-32(15-20(24)16-34(27)30-18-29-28)26(37)7-4-11-33-21-8-9-22(33)14-23(36)13-21/h1-7,18,20-23,25,35-36H,8-17H2,(H,29,30,31)/b7-4+/t20?,21?,22?,23?,25-/m1/s1. The summed E-state index contributed by atoms with van der Waals surface area (Å²) in [5.41, 5.74) is 6.46. The molecular formula is C28H36N6O3. The van der Waals surface area contributed by atoms with E-state index in [1.54, 1.807) is 12.4 Å². The number of fused-ring (bicyclic) bond motifs is 4. The van der Waals surface area contributed by atoms with Gasteiger partial charge >= 0.3 is 0 Å². The summed E-state index contributed by atoms with van der Waals surface area (Å²) in [6.45, 7) is 2.81. The number of likely N-dealkylation sites (tertiary alicyclic amines) is 1. The predicted molar refractivity (Wildman–Crippen MR) is 142 cm³/mol. The van der Waals surface area contributed by atoms with Crippen molar-refractivity contribution in [2.24, 2.45) is 15.9 Å². The number of carbonyl (C=O) groups excluding carboxylic acids is 1. The van der Waals surface area contributed by atoms with Gasteiger partial charge in [0, 0.05) is 50.3 Å². The van der Waals surface area contributed by atoms with E-state index in [-0.39, 0.29) is 30.6 Å². The molecule has 3 fully saturated rings. The van der Waals surface area contributed by atoms with Gasteiger partial charge in [0.2, 0.25) is 5.91 Å². The van der Waals surface area contributed by atoms with Crippen LogP contribution in [0.2, 0.25) is 0 Å². The Balaban J connectivity index is 1.12. The number of hydrogen-bond acceptors (Lipinski definition) is 7. The first-order valence-corrected chi connectivity index (χ1v) is 13.5. The summed E-state index contributed by atoms with van der Waals surface area (Å²) in [6, 6.07) is 10.3. The molecule has 1 amide bonds. The highest BCUT2D eigenvalue weighted by molar-refractivity contribution is 6.04. The van der Waals surface area contributed by atoms with Crippen LogP contribution in [0.3, 0.4) is 0 Å². The summed E-state index contributed by atoms with van der Waals surface area (Å²) in [4.78, 5) is 26.8. The number of aliphatic imine (C=N–C) groups is 2. The van der Waals surface area contributed by atoms with Crippen LogP contribution in [-0.2, 0) is 4.79 Å². The summed E-state index contributed by atoms with van der Waals surface area (Å²) in [5.74, 6) is 0.935. The second-order valence-electron chi connectivity index (χ2n) is 10.8. The predicted octanol–water partition coefficient (Wildman–Crippen LogP) is 1.63. The molecule has 1 aromatic rings. The Hall–Kier alpha value is -3.01. The molecule has 196 valence electrons. The molecule has 0 aliphatic carbocycles. The molecule has 3 N–H and O–H groups in total. The van der Waals surface area contributed by atoms with E-state index in [0.717, 1.165) is 56.5 Å². The van der Waals surface area contributed by atoms with E-state index in [0.29, 0.717) is 31.0 Å². The molecule has 3 saturated heterocycles. The van der Waals surface area contributed by atoms with Gasteiger partial charge < -0.3 is 15.1 Å². The molecule has 0 aromatic heterocycles. The maximum atomic E-state index is 13.0. The third-order valence-electron chi connectivity index (χ3n) is 8.56. The molecule has 3 unspecified atom stereocenters. The highest BCUT2D eigenvalue weighted by Gasteiger charge is 2.41. The molecule has 2 bridgehead atoms. The van der Waals surface area contributed by atoms with Crippen LogP contribution in [0.15, 0.2) is 63.7 Å². The highest BCUT2D eigenvalue weighted by atomic mass is 16.3. The first kappa shape index (κ1) is 24.3. The maximum Gasteiger partial charge on any atom is 0.246 e. The number of aliphatic hydroxyl groups is 2. The second-order valence-corrected chi connectivity index (χ2v) is 10.8. The smallest absolute Gasteiger partial charge is 0.246 e. The minimum absolute atomic E-state index is 0.0702. The van der Waals surface area contributed by atoms with Gasteiger partial charge in [0.15, 0.2) is 5.84 Å². The van der Waals surface area contributed by atoms with Crippen molar-refractivity contribution in [1.29, 1.82) is 0 Å². The molecule has 9 heteroatoms. The highest BCUT2D eigenvalue weighted by Crippen LogP contribution is 2.37. The van der Waals surface area contributed by atoms with Crippen LogP contribution in [0.5, 0.6) is 0 Å². The summed E-state index contributed by atoms with van der Waals surface area (Å²) in [7, 11) is 0. The fourth-order valence-electron chi connectivity index (χ4n) is 6.76. The molecule has 0 saturated carbocycles. The van der Waals surface area contributed by atoms with Crippen molar-refractivity contribution in [3.8, 4) is 0 Å². The molecule has 0 radical (unpaired) electrons. The molecule has 9 nitrogen and oxygen atoms in total. The summed E-state index contributed by atoms with van der Waals surface area (Å²) < 4.78 is 0. The van der Waals surface area contributed by atoms with Crippen molar-refractivity contribution >= 4 is 18.1 Å². The Kier molecular flexibility index (Phi) is 6.84. The van der Waals surface area contributed by atoms with Crippen LogP contribution in [0.25, 0.3) is 0 Å². The zero-order valence-corrected chi connectivity index (χ0v) is 21.1. The van der Waals surface area contributed by atoms with E-state index < -0.39 is 0 Å². The largest absolute Gasteiger partial charge is 0.394 e. The molecule has 37 heavy (non-hydrogen) atoms. The lowest BCUT2D eigenvalue weighted by atomic mass is 9.92. The van der Waals surface area contributed by atoms with Crippen molar-refractivity contribution in [3.05, 3.63) is 59.3 Å². The lowest BCUT2D eigenvalue weighted by Gasteiger charge is -2.36. The van der Waals surface area contributed by atoms with Crippen LogP contribution < -0.4 is 5.43 Å². The fourth-order valence-corrected chi connectivity index (χ4v) is 6.76. The monoisotopic (exact) mass is 504 g/mol. The average Bonchev–Trinajstić information content (AvgIpc) is 3.41. The lowest BCUT2D eigenvalue weighted by molar-refractivity contribution is -0.127. The van der Waals surface area contributed by atoms with E-state index in [4.69, 9.17) is 4.99 Å². The number of benzene rings is 1. The Morgan fingerprint density at radius 2 is 1.97 bits per heavy atom. The third-order valence-corrected chi connectivity index (χ3v) is 8.56. The summed E-state index contributed by atoms with van der Waals surface area (Å²) in [6.07, 6.45) is 10.0. The molecule has 1 aromatic carbocycles. The summed E-state index contributed by atoms with van der Waals surface area (Å²) in [5, 5.41) is 22.1. The number of nitrogens with one attached hydrogen (secondary N) is 1. The number of aliphatic hydroxyl groups excluding tert-OH is 2. The van der Waals surface area contributed by atoms with Gasteiger partial charge in [-0.15, -0.1) is 0 Å². The lowest BCUT2D eigenvalue weighted by Crippen LogP contribution is -2.44. The number of amidine groups is 1. The normalized spacial score (nSPS) is 31.1. The van der Waals surface area contributed by atoms with Gasteiger partial charge in [0.1, 0.15) is 18.1 Å².